The Hall–Kier alpha value is -5.40. The van der Waals surface area contributed by atoms with Crippen molar-refractivity contribution in [3.05, 3.63) is 65.9 Å². The van der Waals surface area contributed by atoms with Gasteiger partial charge in [0.1, 0.15) is 29.9 Å². The zero-order chi connectivity index (χ0) is 33.8. The van der Waals surface area contributed by atoms with Crippen molar-refractivity contribution in [3.8, 4) is 5.75 Å². The number of phenols is 1. The third-order valence-corrected chi connectivity index (χ3v) is 9.30. The van der Waals surface area contributed by atoms with Crippen LogP contribution < -0.4 is 21.3 Å². The standard InChI is InChI=1S/C34H39N7O7/c42-22-11-9-20(10-12-22)15-26-34(48)41-14-4-7-27(41)32(46)37-18-29(43)36-19-30(44)40-13-3-8-28(40)33(47)38-25(31(45)39-26)16-21-17-35-24-6-2-1-5-23(21)24/h1-2,5-6,9-12,17,25-28,35,42H,3-4,7-8,13-16,18-19H2,(H,36,43)(H,37,46)(H,38,47)(H,39,45). The number of hydrogen-bond donors (Lipinski definition) is 6. The van der Waals surface area contributed by atoms with Crippen LogP contribution in [0.4, 0.5) is 0 Å². The quantitative estimate of drug-likeness (QED) is 0.225. The third kappa shape index (κ3) is 7.11. The smallest absolute Gasteiger partial charge is 0.246 e. The average molecular weight is 658 g/mol. The molecule has 0 spiro atoms. The Balaban J connectivity index is 1.35. The number of nitrogens with one attached hydrogen (secondary N) is 5. The molecule has 4 unspecified atom stereocenters. The summed E-state index contributed by atoms with van der Waals surface area (Å²) in [6, 6.07) is 9.84. The number of aromatic amines is 1. The van der Waals surface area contributed by atoms with Crippen molar-refractivity contribution in [2.24, 2.45) is 0 Å². The molecule has 3 saturated heterocycles. The number of H-pyrrole nitrogens is 1. The molecule has 0 bridgehead atoms. The molecule has 0 radical (unpaired) electrons. The zero-order valence-corrected chi connectivity index (χ0v) is 26.4. The topological polar surface area (TPSA) is 193 Å². The lowest BCUT2D eigenvalue weighted by atomic mass is 10.0. The highest BCUT2D eigenvalue weighted by atomic mass is 16.3. The van der Waals surface area contributed by atoms with E-state index in [0.717, 1.165) is 16.5 Å². The summed E-state index contributed by atoms with van der Waals surface area (Å²) in [5.41, 5.74) is 2.28. The van der Waals surface area contributed by atoms with E-state index in [1.807, 2.05) is 24.3 Å². The minimum Gasteiger partial charge on any atom is -0.508 e. The molecule has 4 atom stereocenters. The summed E-state index contributed by atoms with van der Waals surface area (Å²) in [5, 5.41) is 21.5. The van der Waals surface area contributed by atoms with Crippen molar-refractivity contribution in [1.29, 1.82) is 0 Å². The number of fused-ring (bicyclic) bond motifs is 3. The lowest BCUT2D eigenvalue weighted by molar-refractivity contribution is -0.142. The highest BCUT2D eigenvalue weighted by Crippen LogP contribution is 2.23. The van der Waals surface area contributed by atoms with E-state index >= 15 is 0 Å². The molecule has 2 aromatic carbocycles. The van der Waals surface area contributed by atoms with E-state index in [1.54, 1.807) is 18.3 Å². The van der Waals surface area contributed by atoms with Gasteiger partial charge in [0.25, 0.3) is 0 Å². The van der Waals surface area contributed by atoms with Crippen molar-refractivity contribution >= 4 is 46.3 Å². The van der Waals surface area contributed by atoms with E-state index in [0.29, 0.717) is 37.8 Å². The molecule has 3 aromatic rings. The fraction of sp³-hybridized carbons (Fsp3) is 0.412. The SMILES string of the molecule is O=C1CNC(=O)C2CCCN2C(=O)C(Cc2ccc(O)cc2)NC(=O)C(Cc2c[nH]c3ccccc23)NC(=O)C2CCCN2C(=O)CN1. The van der Waals surface area contributed by atoms with Crippen LogP contribution in [0.1, 0.15) is 36.8 Å². The summed E-state index contributed by atoms with van der Waals surface area (Å²) in [5.74, 6) is -3.10. The van der Waals surface area contributed by atoms with Crippen LogP contribution in [0.3, 0.4) is 0 Å². The van der Waals surface area contributed by atoms with E-state index in [-0.39, 0.29) is 31.7 Å². The summed E-state index contributed by atoms with van der Waals surface area (Å²) >= 11 is 0. The number of rotatable bonds is 4. The van der Waals surface area contributed by atoms with Crippen molar-refractivity contribution in [2.75, 3.05) is 26.2 Å². The van der Waals surface area contributed by atoms with Crippen molar-refractivity contribution in [2.45, 2.75) is 62.7 Å². The summed E-state index contributed by atoms with van der Waals surface area (Å²) in [6.45, 7) is -0.168. The Morgan fingerprint density at radius 2 is 1.40 bits per heavy atom. The number of carbonyl (C=O) groups excluding carboxylic acids is 6. The number of hydrogen-bond acceptors (Lipinski definition) is 7. The van der Waals surface area contributed by atoms with Crippen LogP contribution in [-0.2, 0) is 41.6 Å². The molecule has 6 amide bonds. The molecule has 3 aliphatic rings. The second kappa shape index (κ2) is 14.2. The third-order valence-electron chi connectivity index (χ3n) is 9.30. The molecule has 0 aliphatic carbocycles. The fourth-order valence-corrected chi connectivity index (χ4v) is 6.80. The van der Waals surface area contributed by atoms with Crippen LogP contribution >= 0.6 is 0 Å². The number of para-hydroxylation sites is 1. The van der Waals surface area contributed by atoms with Crippen LogP contribution in [0, 0.1) is 0 Å². The number of amides is 6. The first kappa shape index (κ1) is 32.5. The molecule has 1 aromatic heterocycles. The van der Waals surface area contributed by atoms with Crippen LogP contribution in [-0.4, -0.2) is 106 Å². The average Bonchev–Trinajstić information content (AvgIpc) is 3.86. The predicted octanol–water partition coefficient (Wildman–Crippen LogP) is -0.144. The van der Waals surface area contributed by atoms with Crippen molar-refractivity contribution in [1.82, 2.24) is 36.1 Å². The summed E-state index contributed by atoms with van der Waals surface area (Å²) < 4.78 is 0. The second-order valence-electron chi connectivity index (χ2n) is 12.5. The molecule has 14 heteroatoms. The van der Waals surface area contributed by atoms with Gasteiger partial charge in [0, 0.05) is 43.0 Å². The number of carbonyl (C=O) groups is 6. The molecule has 6 N–H and O–H groups in total. The number of benzene rings is 2. The molecule has 252 valence electrons. The maximum atomic E-state index is 14.2. The Kier molecular flexibility index (Phi) is 9.60. The normalized spacial score (nSPS) is 24.7. The van der Waals surface area contributed by atoms with Crippen LogP contribution in [0.2, 0.25) is 0 Å². The molecular formula is C34H39N7O7. The molecule has 48 heavy (non-hydrogen) atoms. The molecule has 6 rings (SSSR count). The number of nitrogens with zero attached hydrogens (tertiary/aromatic N) is 2. The molecule has 3 fully saturated rings. The zero-order valence-electron chi connectivity index (χ0n) is 26.4. The van der Waals surface area contributed by atoms with E-state index in [9.17, 15) is 33.9 Å². The minimum absolute atomic E-state index is 0.0417. The van der Waals surface area contributed by atoms with Gasteiger partial charge in [-0.05, 0) is 55.0 Å². The van der Waals surface area contributed by atoms with Crippen molar-refractivity contribution in [3.63, 3.8) is 0 Å². The maximum Gasteiger partial charge on any atom is 0.246 e. The highest BCUT2D eigenvalue weighted by Gasteiger charge is 2.40. The Labute approximate surface area is 276 Å². The van der Waals surface area contributed by atoms with Gasteiger partial charge in [0.05, 0.1) is 13.1 Å². The number of aromatic nitrogens is 1. The lowest BCUT2D eigenvalue weighted by Crippen LogP contribution is -2.59. The molecule has 14 nitrogen and oxygen atoms in total. The van der Waals surface area contributed by atoms with Crippen LogP contribution in [0.15, 0.2) is 54.7 Å². The monoisotopic (exact) mass is 657 g/mol. The van der Waals surface area contributed by atoms with Crippen molar-refractivity contribution < 1.29 is 33.9 Å². The summed E-state index contributed by atoms with van der Waals surface area (Å²) in [4.78, 5) is 87.0. The summed E-state index contributed by atoms with van der Waals surface area (Å²) in [6.07, 6.45) is 3.77. The van der Waals surface area contributed by atoms with Gasteiger partial charge in [0.2, 0.25) is 35.4 Å². The lowest BCUT2D eigenvalue weighted by Gasteiger charge is -2.31. The van der Waals surface area contributed by atoms with Crippen LogP contribution in [0.25, 0.3) is 10.9 Å². The molecule has 0 saturated carbocycles. The van der Waals surface area contributed by atoms with E-state index in [1.165, 1.54) is 21.9 Å². The van der Waals surface area contributed by atoms with Gasteiger partial charge >= 0.3 is 0 Å². The van der Waals surface area contributed by atoms with Gasteiger partial charge in [-0.25, -0.2) is 0 Å². The predicted molar refractivity (Wildman–Crippen MR) is 173 cm³/mol. The highest BCUT2D eigenvalue weighted by molar-refractivity contribution is 5.98. The first-order chi connectivity index (χ1) is 23.2. The number of phenolic OH excluding ortho intramolecular Hbond substituents is 1. The van der Waals surface area contributed by atoms with Gasteiger partial charge in [-0.2, -0.15) is 0 Å². The number of aromatic hydroxyl groups is 1. The first-order valence-electron chi connectivity index (χ1n) is 16.3. The Bertz CT molecular complexity index is 1720. The first-order valence-corrected chi connectivity index (χ1v) is 16.3. The summed E-state index contributed by atoms with van der Waals surface area (Å²) in [7, 11) is 0. The molecular weight excluding hydrogens is 618 g/mol. The van der Waals surface area contributed by atoms with Gasteiger partial charge < -0.3 is 41.2 Å². The minimum atomic E-state index is -1.12. The van der Waals surface area contributed by atoms with Gasteiger partial charge in [-0.3, -0.25) is 28.8 Å². The maximum absolute atomic E-state index is 14.2. The van der Waals surface area contributed by atoms with Gasteiger partial charge in [-0.15, -0.1) is 0 Å². The molecule has 3 aliphatic heterocycles. The Morgan fingerprint density at radius 1 is 0.708 bits per heavy atom. The van der Waals surface area contributed by atoms with Gasteiger partial charge in [0.15, 0.2) is 0 Å². The van der Waals surface area contributed by atoms with Gasteiger partial charge in [-0.1, -0.05) is 30.3 Å². The van der Waals surface area contributed by atoms with Crippen LogP contribution in [0.5, 0.6) is 5.75 Å². The second-order valence-corrected chi connectivity index (χ2v) is 12.5. The largest absolute Gasteiger partial charge is 0.508 e. The van der Waals surface area contributed by atoms with E-state index in [4.69, 9.17) is 0 Å². The van der Waals surface area contributed by atoms with E-state index < -0.39 is 66.2 Å². The molecule has 4 heterocycles. The Morgan fingerprint density at radius 3 is 2.17 bits per heavy atom. The van der Waals surface area contributed by atoms with E-state index in [2.05, 4.69) is 26.3 Å². The fourth-order valence-electron chi connectivity index (χ4n) is 6.80.